The minimum atomic E-state index is -0.291. The molecule has 0 aliphatic carbocycles. The van der Waals surface area contributed by atoms with E-state index >= 15 is 0 Å². The minimum absolute atomic E-state index is 0.0264. The second kappa shape index (κ2) is 6.59. The van der Waals surface area contributed by atoms with Crippen LogP contribution in [0.1, 0.15) is 15.9 Å². The van der Waals surface area contributed by atoms with E-state index in [4.69, 9.17) is 14.2 Å². The van der Waals surface area contributed by atoms with Crippen molar-refractivity contribution in [2.24, 2.45) is 0 Å². The van der Waals surface area contributed by atoms with Gasteiger partial charge >= 0.3 is 0 Å². The topological polar surface area (TPSA) is 77.1 Å². The number of likely N-dealkylation sites (N-methyl/N-ethyl adjacent to an activating group) is 1. The largest absolute Gasteiger partial charge is 0.483 e. The number of carbonyl (C=O) groups excluding carboxylic acids is 2. The Morgan fingerprint density at radius 1 is 1.23 bits per heavy atom. The molecule has 2 aliphatic rings. The number of hydrogen-bond donors (Lipinski definition) is 1. The average Bonchev–Trinajstić information content (AvgIpc) is 3.11. The number of benzene rings is 2. The predicted molar refractivity (Wildman–Crippen MR) is 93.8 cm³/mol. The average molecular weight is 354 g/mol. The molecule has 134 valence electrons. The Kier molecular flexibility index (Phi) is 4.12. The standard InChI is InChI=1S/C19H18N2O5/c1-21-8-7-13-14(19(21)23)3-2-4-15(13)24-10-18(22)20-12-5-6-16-17(9-12)26-11-25-16/h2-6,9H,7-8,10-11H2,1H3,(H,20,22). The van der Waals surface area contributed by atoms with Crippen LogP contribution in [-0.2, 0) is 11.2 Å². The number of anilines is 1. The molecule has 0 unspecified atom stereocenters. The molecule has 26 heavy (non-hydrogen) atoms. The summed E-state index contributed by atoms with van der Waals surface area (Å²) in [6.45, 7) is 0.674. The lowest BCUT2D eigenvalue weighted by molar-refractivity contribution is -0.118. The maximum atomic E-state index is 12.2. The smallest absolute Gasteiger partial charge is 0.262 e. The molecule has 7 heteroatoms. The number of fused-ring (bicyclic) bond motifs is 2. The fraction of sp³-hybridized carbons (Fsp3) is 0.263. The van der Waals surface area contributed by atoms with E-state index in [0.717, 1.165) is 5.56 Å². The second-order valence-electron chi connectivity index (χ2n) is 6.16. The molecule has 0 aromatic heterocycles. The first kappa shape index (κ1) is 16.3. The predicted octanol–water partition coefficient (Wildman–Crippen LogP) is 2.06. The first-order valence-electron chi connectivity index (χ1n) is 8.31. The molecule has 2 amide bonds. The Morgan fingerprint density at radius 2 is 2.08 bits per heavy atom. The Morgan fingerprint density at radius 3 is 2.96 bits per heavy atom. The Bertz CT molecular complexity index is 880. The molecule has 0 bridgehead atoms. The number of carbonyl (C=O) groups is 2. The third-order valence-electron chi connectivity index (χ3n) is 4.42. The molecular weight excluding hydrogens is 336 g/mol. The number of ether oxygens (including phenoxy) is 3. The fourth-order valence-electron chi connectivity index (χ4n) is 3.06. The van der Waals surface area contributed by atoms with Crippen LogP contribution in [0.25, 0.3) is 0 Å². The van der Waals surface area contributed by atoms with E-state index in [9.17, 15) is 9.59 Å². The van der Waals surface area contributed by atoms with Gasteiger partial charge in [0.05, 0.1) is 0 Å². The van der Waals surface area contributed by atoms with Crippen LogP contribution in [0, 0.1) is 0 Å². The van der Waals surface area contributed by atoms with Crippen molar-refractivity contribution in [1.29, 1.82) is 0 Å². The van der Waals surface area contributed by atoms with Crippen molar-refractivity contribution in [1.82, 2.24) is 4.90 Å². The summed E-state index contributed by atoms with van der Waals surface area (Å²) in [6, 6.07) is 10.5. The van der Waals surface area contributed by atoms with E-state index < -0.39 is 0 Å². The van der Waals surface area contributed by atoms with Gasteiger partial charge in [-0.15, -0.1) is 0 Å². The Balaban J connectivity index is 1.41. The van der Waals surface area contributed by atoms with Gasteiger partial charge in [0.1, 0.15) is 5.75 Å². The van der Waals surface area contributed by atoms with Gasteiger partial charge in [0.25, 0.3) is 11.8 Å². The number of nitrogens with zero attached hydrogens (tertiary/aromatic N) is 1. The van der Waals surface area contributed by atoms with Crippen LogP contribution in [0.3, 0.4) is 0 Å². The number of nitrogens with one attached hydrogen (secondary N) is 1. The second-order valence-corrected chi connectivity index (χ2v) is 6.16. The van der Waals surface area contributed by atoms with Gasteiger partial charge in [-0.05, 0) is 30.7 Å². The van der Waals surface area contributed by atoms with E-state index in [1.807, 2.05) is 0 Å². The van der Waals surface area contributed by atoms with Crippen LogP contribution in [-0.4, -0.2) is 43.7 Å². The molecule has 0 radical (unpaired) electrons. The molecule has 2 aromatic rings. The van der Waals surface area contributed by atoms with E-state index in [0.29, 0.717) is 41.5 Å². The summed E-state index contributed by atoms with van der Waals surface area (Å²) in [5, 5.41) is 2.76. The maximum Gasteiger partial charge on any atom is 0.262 e. The molecule has 0 spiro atoms. The van der Waals surface area contributed by atoms with Crippen molar-refractivity contribution in [3.63, 3.8) is 0 Å². The van der Waals surface area contributed by atoms with Gasteiger partial charge in [-0.2, -0.15) is 0 Å². The van der Waals surface area contributed by atoms with Crippen molar-refractivity contribution in [3.05, 3.63) is 47.5 Å². The molecule has 2 aliphatic heterocycles. The first-order valence-corrected chi connectivity index (χ1v) is 8.31. The lowest BCUT2D eigenvalue weighted by atomic mass is 9.98. The van der Waals surface area contributed by atoms with Crippen LogP contribution in [0.15, 0.2) is 36.4 Å². The molecular formula is C19H18N2O5. The van der Waals surface area contributed by atoms with Crippen LogP contribution in [0.4, 0.5) is 5.69 Å². The summed E-state index contributed by atoms with van der Waals surface area (Å²) in [5.74, 6) is 1.51. The number of rotatable bonds is 4. The van der Waals surface area contributed by atoms with Gasteiger partial charge in [0.2, 0.25) is 6.79 Å². The highest BCUT2D eigenvalue weighted by Crippen LogP contribution is 2.34. The quantitative estimate of drug-likeness (QED) is 0.909. The molecule has 2 heterocycles. The molecule has 7 nitrogen and oxygen atoms in total. The van der Waals surface area contributed by atoms with Gasteiger partial charge < -0.3 is 24.4 Å². The summed E-state index contributed by atoms with van der Waals surface area (Å²) < 4.78 is 16.2. The van der Waals surface area contributed by atoms with Gasteiger partial charge in [-0.3, -0.25) is 9.59 Å². The van der Waals surface area contributed by atoms with Crippen molar-refractivity contribution in [3.8, 4) is 17.2 Å². The highest BCUT2D eigenvalue weighted by Gasteiger charge is 2.24. The molecule has 1 N–H and O–H groups in total. The summed E-state index contributed by atoms with van der Waals surface area (Å²) in [5.41, 5.74) is 2.09. The third-order valence-corrected chi connectivity index (χ3v) is 4.42. The van der Waals surface area contributed by atoms with Gasteiger partial charge in [-0.25, -0.2) is 0 Å². The highest BCUT2D eigenvalue weighted by molar-refractivity contribution is 5.97. The molecule has 4 rings (SSSR count). The van der Waals surface area contributed by atoms with E-state index in [1.54, 1.807) is 48.3 Å². The van der Waals surface area contributed by atoms with Gasteiger partial charge in [0.15, 0.2) is 18.1 Å². The van der Waals surface area contributed by atoms with Crippen molar-refractivity contribution in [2.75, 3.05) is 32.3 Å². The zero-order valence-corrected chi connectivity index (χ0v) is 14.3. The van der Waals surface area contributed by atoms with Gasteiger partial charge in [0, 0.05) is 36.5 Å². The summed E-state index contributed by atoms with van der Waals surface area (Å²) in [7, 11) is 1.78. The lowest BCUT2D eigenvalue weighted by Gasteiger charge is -2.26. The maximum absolute atomic E-state index is 12.2. The molecule has 0 saturated carbocycles. The van der Waals surface area contributed by atoms with E-state index in [1.165, 1.54) is 0 Å². The highest BCUT2D eigenvalue weighted by atomic mass is 16.7. The first-order chi connectivity index (χ1) is 12.6. The minimum Gasteiger partial charge on any atom is -0.483 e. The third kappa shape index (κ3) is 3.03. The van der Waals surface area contributed by atoms with Crippen molar-refractivity contribution >= 4 is 17.5 Å². The zero-order valence-electron chi connectivity index (χ0n) is 14.3. The summed E-state index contributed by atoms with van der Waals surface area (Å²) >= 11 is 0. The Labute approximate surface area is 150 Å². The van der Waals surface area contributed by atoms with Gasteiger partial charge in [-0.1, -0.05) is 6.07 Å². The number of amides is 2. The molecule has 0 saturated heterocycles. The van der Waals surface area contributed by atoms with Crippen LogP contribution in [0.5, 0.6) is 17.2 Å². The van der Waals surface area contributed by atoms with Crippen molar-refractivity contribution < 1.29 is 23.8 Å². The monoisotopic (exact) mass is 354 g/mol. The molecule has 2 aromatic carbocycles. The van der Waals surface area contributed by atoms with Crippen LogP contribution < -0.4 is 19.5 Å². The zero-order chi connectivity index (χ0) is 18.1. The van der Waals surface area contributed by atoms with E-state index in [2.05, 4.69) is 5.32 Å². The normalized spacial score (nSPS) is 14.8. The molecule has 0 fully saturated rings. The summed E-state index contributed by atoms with van der Waals surface area (Å²) in [6.07, 6.45) is 0.706. The molecule has 0 atom stereocenters. The summed E-state index contributed by atoms with van der Waals surface area (Å²) in [4.78, 5) is 26.1. The van der Waals surface area contributed by atoms with Crippen molar-refractivity contribution in [2.45, 2.75) is 6.42 Å². The number of hydrogen-bond acceptors (Lipinski definition) is 5. The van der Waals surface area contributed by atoms with E-state index in [-0.39, 0.29) is 25.2 Å². The SMILES string of the molecule is CN1CCc2c(OCC(=O)Nc3ccc4c(c3)OCO4)cccc2C1=O. The van der Waals surface area contributed by atoms with Crippen LogP contribution in [0.2, 0.25) is 0 Å². The Hall–Kier alpha value is -3.22. The fourth-order valence-corrected chi connectivity index (χ4v) is 3.06. The lowest BCUT2D eigenvalue weighted by Crippen LogP contribution is -2.34. The van der Waals surface area contributed by atoms with Crippen LogP contribution >= 0.6 is 0 Å².